The molecule has 0 radical (unpaired) electrons. The van der Waals surface area contributed by atoms with Crippen LogP contribution in [-0.4, -0.2) is 4.92 Å². The SMILES string of the molecule is Cc1ccc(C)c(COc2ccc(C#N)cc2[N+](=O)[O-])c1. The van der Waals surface area contributed by atoms with Crippen LogP contribution in [0.3, 0.4) is 0 Å². The van der Waals surface area contributed by atoms with E-state index in [2.05, 4.69) is 0 Å². The Hall–Kier alpha value is -2.87. The number of nitrogens with zero attached hydrogens (tertiary/aromatic N) is 2. The third kappa shape index (κ3) is 3.37. The van der Waals surface area contributed by atoms with Crippen molar-refractivity contribution in [3.8, 4) is 11.8 Å². The van der Waals surface area contributed by atoms with Crippen LogP contribution in [0.2, 0.25) is 0 Å². The monoisotopic (exact) mass is 282 g/mol. The fraction of sp³-hybridized carbons (Fsp3) is 0.188. The summed E-state index contributed by atoms with van der Waals surface area (Å²) in [5, 5.41) is 19.8. The van der Waals surface area contributed by atoms with Gasteiger partial charge >= 0.3 is 5.69 Å². The van der Waals surface area contributed by atoms with Crippen LogP contribution in [0.25, 0.3) is 0 Å². The number of hydrogen-bond donors (Lipinski definition) is 0. The zero-order valence-corrected chi connectivity index (χ0v) is 11.8. The Labute approximate surface area is 122 Å². The minimum atomic E-state index is -0.542. The molecule has 0 unspecified atom stereocenters. The Balaban J connectivity index is 2.26. The van der Waals surface area contributed by atoms with Crippen molar-refractivity contribution in [2.45, 2.75) is 20.5 Å². The summed E-state index contributed by atoms with van der Waals surface area (Å²) >= 11 is 0. The molecule has 0 aromatic heterocycles. The van der Waals surface area contributed by atoms with Gasteiger partial charge in [0.2, 0.25) is 0 Å². The molecule has 2 aromatic rings. The van der Waals surface area contributed by atoms with E-state index in [0.29, 0.717) is 0 Å². The molecule has 0 heterocycles. The predicted octanol–water partition coefficient (Wildman–Crippen LogP) is 3.66. The average molecular weight is 282 g/mol. The van der Waals surface area contributed by atoms with Gasteiger partial charge in [-0.2, -0.15) is 5.26 Å². The normalized spacial score (nSPS) is 9.95. The first-order valence-electron chi connectivity index (χ1n) is 6.38. The van der Waals surface area contributed by atoms with Crippen molar-refractivity contribution in [2.24, 2.45) is 0 Å². The number of rotatable bonds is 4. The Morgan fingerprint density at radius 2 is 2.00 bits per heavy atom. The van der Waals surface area contributed by atoms with Crippen molar-refractivity contribution < 1.29 is 9.66 Å². The molecule has 0 bridgehead atoms. The maximum Gasteiger partial charge on any atom is 0.312 e. The summed E-state index contributed by atoms with van der Waals surface area (Å²) in [6.07, 6.45) is 0. The molecule has 0 saturated heterocycles. The molecule has 106 valence electrons. The molecule has 5 nitrogen and oxygen atoms in total. The molecule has 0 aliphatic heterocycles. The third-order valence-electron chi connectivity index (χ3n) is 3.17. The van der Waals surface area contributed by atoms with Crippen LogP contribution in [0.1, 0.15) is 22.3 Å². The molecular weight excluding hydrogens is 268 g/mol. The van der Waals surface area contributed by atoms with E-state index in [1.807, 2.05) is 38.1 Å². The third-order valence-corrected chi connectivity index (χ3v) is 3.17. The molecular formula is C16H14N2O3. The molecule has 2 aromatic carbocycles. The Bertz CT molecular complexity index is 733. The van der Waals surface area contributed by atoms with Crippen molar-refractivity contribution in [1.29, 1.82) is 5.26 Å². The number of nitro benzene ring substituents is 1. The minimum Gasteiger partial charge on any atom is -0.482 e. The van der Waals surface area contributed by atoms with Crippen LogP contribution in [-0.2, 0) is 6.61 Å². The lowest BCUT2D eigenvalue weighted by molar-refractivity contribution is -0.386. The summed E-state index contributed by atoms with van der Waals surface area (Å²) in [7, 11) is 0. The number of nitriles is 1. The number of ether oxygens (including phenoxy) is 1. The highest BCUT2D eigenvalue weighted by Gasteiger charge is 2.16. The molecule has 0 fully saturated rings. The predicted molar refractivity (Wildman–Crippen MR) is 78.1 cm³/mol. The molecule has 0 N–H and O–H groups in total. The Morgan fingerprint density at radius 1 is 1.24 bits per heavy atom. The molecule has 0 spiro atoms. The average Bonchev–Trinajstić information content (AvgIpc) is 2.48. The van der Waals surface area contributed by atoms with Gasteiger partial charge in [-0.3, -0.25) is 10.1 Å². The van der Waals surface area contributed by atoms with Crippen LogP contribution in [0.5, 0.6) is 5.75 Å². The zero-order valence-electron chi connectivity index (χ0n) is 11.8. The van der Waals surface area contributed by atoms with E-state index < -0.39 is 4.92 Å². The lowest BCUT2D eigenvalue weighted by Gasteiger charge is -2.10. The maximum atomic E-state index is 11.0. The van der Waals surface area contributed by atoms with Gasteiger partial charge in [0, 0.05) is 6.07 Å². The second kappa shape index (κ2) is 6.06. The van der Waals surface area contributed by atoms with Crippen LogP contribution in [0, 0.1) is 35.3 Å². The first-order chi connectivity index (χ1) is 10.0. The van der Waals surface area contributed by atoms with E-state index in [4.69, 9.17) is 10.00 Å². The van der Waals surface area contributed by atoms with Gasteiger partial charge in [0.1, 0.15) is 6.61 Å². The maximum absolute atomic E-state index is 11.0. The van der Waals surface area contributed by atoms with Gasteiger partial charge in [-0.25, -0.2) is 0 Å². The second-order valence-electron chi connectivity index (χ2n) is 4.77. The van der Waals surface area contributed by atoms with Crippen LogP contribution in [0.4, 0.5) is 5.69 Å². The Kier molecular flexibility index (Phi) is 4.19. The molecule has 0 amide bonds. The molecule has 0 aliphatic carbocycles. The van der Waals surface area contributed by atoms with Crippen molar-refractivity contribution in [3.05, 3.63) is 68.8 Å². The summed E-state index contributed by atoms with van der Waals surface area (Å²) in [4.78, 5) is 10.5. The first-order valence-corrected chi connectivity index (χ1v) is 6.38. The van der Waals surface area contributed by atoms with Crippen LogP contribution < -0.4 is 4.74 Å². The van der Waals surface area contributed by atoms with Gasteiger partial charge in [-0.05, 0) is 37.1 Å². The highest BCUT2D eigenvalue weighted by Crippen LogP contribution is 2.28. The lowest BCUT2D eigenvalue weighted by Crippen LogP contribution is -2.01. The molecule has 0 saturated carbocycles. The van der Waals surface area contributed by atoms with E-state index in [0.717, 1.165) is 16.7 Å². The summed E-state index contributed by atoms with van der Waals surface area (Å²) in [6.45, 7) is 4.19. The first kappa shape index (κ1) is 14.5. The summed E-state index contributed by atoms with van der Waals surface area (Å²) in [6, 6.07) is 12.0. The molecule has 0 aliphatic rings. The molecule has 0 atom stereocenters. The topological polar surface area (TPSA) is 76.2 Å². The van der Waals surface area contributed by atoms with Crippen molar-refractivity contribution in [3.63, 3.8) is 0 Å². The van der Waals surface area contributed by atoms with Gasteiger partial charge in [0.15, 0.2) is 5.75 Å². The zero-order chi connectivity index (χ0) is 15.4. The highest BCUT2D eigenvalue weighted by molar-refractivity contribution is 5.51. The quantitative estimate of drug-likeness (QED) is 0.633. The number of nitro groups is 1. The van der Waals surface area contributed by atoms with E-state index >= 15 is 0 Å². The van der Waals surface area contributed by atoms with E-state index in [1.165, 1.54) is 18.2 Å². The summed E-state index contributed by atoms with van der Waals surface area (Å²) < 4.78 is 5.57. The molecule has 5 heteroatoms. The number of hydrogen-bond acceptors (Lipinski definition) is 4. The smallest absolute Gasteiger partial charge is 0.312 e. The van der Waals surface area contributed by atoms with Gasteiger partial charge in [0.25, 0.3) is 0 Å². The summed E-state index contributed by atoms with van der Waals surface area (Å²) in [5.74, 6) is 0.167. The van der Waals surface area contributed by atoms with Gasteiger partial charge in [-0.1, -0.05) is 23.8 Å². The van der Waals surface area contributed by atoms with E-state index in [9.17, 15) is 10.1 Å². The highest BCUT2D eigenvalue weighted by atomic mass is 16.6. The standard InChI is InChI=1S/C16H14N2O3/c1-11-3-4-12(2)14(7-11)10-21-16-6-5-13(9-17)8-15(16)18(19)20/h3-8H,10H2,1-2H3. The summed E-state index contributed by atoms with van der Waals surface area (Å²) in [5.41, 5.74) is 3.19. The van der Waals surface area contributed by atoms with Crippen LogP contribution >= 0.6 is 0 Å². The van der Waals surface area contributed by atoms with Crippen molar-refractivity contribution in [1.82, 2.24) is 0 Å². The lowest BCUT2D eigenvalue weighted by atomic mass is 10.1. The van der Waals surface area contributed by atoms with Crippen LogP contribution in [0.15, 0.2) is 36.4 Å². The fourth-order valence-corrected chi connectivity index (χ4v) is 1.96. The van der Waals surface area contributed by atoms with Crippen molar-refractivity contribution >= 4 is 5.69 Å². The van der Waals surface area contributed by atoms with Gasteiger partial charge < -0.3 is 4.74 Å². The van der Waals surface area contributed by atoms with Gasteiger partial charge in [-0.15, -0.1) is 0 Å². The van der Waals surface area contributed by atoms with E-state index in [1.54, 1.807) is 0 Å². The minimum absolute atomic E-state index is 0.167. The number of aryl methyl sites for hydroxylation is 2. The molecule has 2 rings (SSSR count). The second-order valence-corrected chi connectivity index (χ2v) is 4.77. The van der Waals surface area contributed by atoms with Crippen molar-refractivity contribution in [2.75, 3.05) is 0 Å². The number of benzene rings is 2. The Morgan fingerprint density at radius 3 is 2.67 bits per heavy atom. The van der Waals surface area contributed by atoms with E-state index in [-0.39, 0.29) is 23.6 Å². The fourth-order valence-electron chi connectivity index (χ4n) is 1.96. The van der Waals surface area contributed by atoms with Gasteiger partial charge in [0.05, 0.1) is 16.6 Å². The largest absolute Gasteiger partial charge is 0.482 e. The molecule has 21 heavy (non-hydrogen) atoms.